The number of amides is 1. The van der Waals surface area contributed by atoms with Crippen LogP contribution in [0.15, 0.2) is 60.8 Å². The van der Waals surface area contributed by atoms with Gasteiger partial charge < -0.3 is 4.90 Å². The Labute approximate surface area is 158 Å². The zero-order chi connectivity index (χ0) is 18.8. The highest BCUT2D eigenvalue weighted by atomic mass is 19.1. The summed E-state index contributed by atoms with van der Waals surface area (Å²) in [5.41, 5.74) is 2.73. The first-order chi connectivity index (χ1) is 13.1. The summed E-state index contributed by atoms with van der Waals surface area (Å²) in [5.74, 6) is -0.141. The summed E-state index contributed by atoms with van der Waals surface area (Å²) < 4.78 is 14.0. The fourth-order valence-electron chi connectivity index (χ4n) is 3.82. The Hall–Kier alpha value is -2.79. The molecule has 1 saturated heterocycles. The van der Waals surface area contributed by atoms with Gasteiger partial charge in [0.15, 0.2) is 0 Å². The molecule has 1 atom stereocenters. The first-order valence-corrected chi connectivity index (χ1v) is 9.18. The van der Waals surface area contributed by atoms with Crippen LogP contribution in [0.5, 0.6) is 0 Å². The zero-order valence-electron chi connectivity index (χ0n) is 15.3. The van der Waals surface area contributed by atoms with Gasteiger partial charge in [0, 0.05) is 31.2 Å². The number of likely N-dealkylation sites (N-methyl/N-ethyl adjacent to an activating group) is 1. The van der Waals surface area contributed by atoms with Crippen molar-refractivity contribution in [3.8, 4) is 0 Å². The molecule has 2 heterocycles. The lowest BCUT2D eigenvalue weighted by atomic mass is 10.1. The molecule has 3 aromatic rings. The molecule has 0 spiro atoms. The predicted octanol–water partition coefficient (Wildman–Crippen LogP) is 3.61. The molecule has 1 fully saturated rings. The van der Waals surface area contributed by atoms with Crippen LogP contribution in [0.4, 0.5) is 4.39 Å². The molecule has 27 heavy (non-hydrogen) atoms. The number of benzene rings is 2. The maximum Gasteiger partial charge on any atom is 0.240 e. The molecule has 5 heteroatoms. The number of aromatic nitrogens is 1. The fraction of sp³-hybridized carbons (Fsp3) is 0.273. The van der Waals surface area contributed by atoms with E-state index >= 15 is 0 Å². The number of hydrogen-bond acceptors (Lipinski definition) is 3. The number of fused-ring (bicyclic) bond motifs is 1. The third-order valence-electron chi connectivity index (χ3n) is 5.19. The quantitative estimate of drug-likeness (QED) is 0.695. The van der Waals surface area contributed by atoms with Gasteiger partial charge in [0.1, 0.15) is 5.82 Å². The second-order valence-electron chi connectivity index (χ2n) is 7.11. The molecule has 0 radical (unpaired) electrons. The monoisotopic (exact) mass is 363 g/mol. The normalized spacial score (nSPS) is 17.2. The molecule has 4 nitrogen and oxygen atoms in total. The molecule has 0 bridgehead atoms. The van der Waals surface area contributed by atoms with E-state index in [2.05, 4.69) is 4.98 Å². The van der Waals surface area contributed by atoms with Crippen LogP contribution in [0, 0.1) is 5.82 Å². The number of hydrogen-bond donors (Lipinski definition) is 0. The largest absolute Gasteiger partial charge is 0.337 e. The zero-order valence-corrected chi connectivity index (χ0v) is 15.3. The van der Waals surface area contributed by atoms with Crippen molar-refractivity contribution in [1.29, 1.82) is 0 Å². The van der Waals surface area contributed by atoms with Gasteiger partial charge in [-0.05, 0) is 42.8 Å². The summed E-state index contributed by atoms with van der Waals surface area (Å²) >= 11 is 0. The van der Waals surface area contributed by atoms with E-state index in [0.29, 0.717) is 13.1 Å². The maximum atomic E-state index is 14.0. The van der Waals surface area contributed by atoms with E-state index in [1.165, 1.54) is 12.1 Å². The van der Waals surface area contributed by atoms with Gasteiger partial charge >= 0.3 is 0 Å². The number of carbonyl (C=O) groups is 1. The van der Waals surface area contributed by atoms with E-state index in [0.717, 1.165) is 35.0 Å². The number of pyridine rings is 1. The summed E-state index contributed by atoms with van der Waals surface area (Å²) in [6.45, 7) is 1.86. The van der Waals surface area contributed by atoms with Crippen molar-refractivity contribution in [2.45, 2.75) is 25.6 Å². The number of rotatable bonds is 5. The van der Waals surface area contributed by atoms with Crippen LogP contribution in [0.25, 0.3) is 10.9 Å². The van der Waals surface area contributed by atoms with Gasteiger partial charge in [-0.1, -0.05) is 36.4 Å². The number of halogens is 1. The molecule has 1 aliphatic heterocycles. The average molecular weight is 363 g/mol. The van der Waals surface area contributed by atoms with E-state index in [9.17, 15) is 9.18 Å². The minimum atomic E-state index is -0.276. The Morgan fingerprint density at radius 3 is 2.81 bits per heavy atom. The van der Waals surface area contributed by atoms with Gasteiger partial charge in [0.2, 0.25) is 5.91 Å². The molecule has 1 aliphatic rings. The van der Waals surface area contributed by atoms with E-state index < -0.39 is 0 Å². The van der Waals surface area contributed by atoms with Crippen LogP contribution in [0.1, 0.15) is 17.5 Å². The standard InChI is InChI=1S/C22H22FN3O/c1-25(15-18-13-19(23)12-17-8-5-10-24-21(17)18)20-9-11-26(22(20)27)14-16-6-3-2-4-7-16/h2-8,10,12-13,20H,9,11,14-15H2,1H3. The first-order valence-electron chi connectivity index (χ1n) is 9.18. The molecular formula is C22H22FN3O. The summed E-state index contributed by atoms with van der Waals surface area (Å²) in [6.07, 6.45) is 2.49. The lowest BCUT2D eigenvalue weighted by Gasteiger charge is -2.24. The molecule has 1 amide bonds. The van der Waals surface area contributed by atoms with Crippen molar-refractivity contribution >= 4 is 16.8 Å². The Kier molecular flexibility index (Phi) is 4.86. The number of likely N-dealkylation sites (tertiary alicyclic amines) is 1. The molecule has 138 valence electrons. The van der Waals surface area contributed by atoms with E-state index in [-0.39, 0.29) is 17.8 Å². The van der Waals surface area contributed by atoms with Gasteiger partial charge in [0.05, 0.1) is 11.6 Å². The highest BCUT2D eigenvalue weighted by molar-refractivity contribution is 5.84. The van der Waals surface area contributed by atoms with Crippen LogP contribution < -0.4 is 0 Å². The summed E-state index contributed by atoms with van der Waals surface area (Å²) in [7, 11) is 1.92. The van der Waals surface area contributed by atoms with Crippen molar-refractivity contribution < 1.29 is 9.18 Å². The molecule has 0 aliphatic carbocycles. The molecule has 0 saturated carbocycles. The van der Waals surface area contributed by atoms with Gasteiger partial charge in [-0.25, -0.2) is 4.39 Å². The van der Waals surface area contributed by atoms with Crippen molar-refractivity contribution in [1.82, 2.24) is 14.8 Å². The van der Waals surface area contributed by atoms with Gasteiger partial charge in [-0.15, -0.1) is 0 Å². The van der Waals surface area contributed by atoms with Crippen molar-refractivity contribution in [2.24, 2.45) is 0 Å². The SMILES string of the molecule is CN(Cc1cc(F)cc2cccnc12)C1CCN(Cc2ccccc2)C1=O. The van der Waals surface area contributed by atoms with Crippen molar-refractivity contribution in [3.63, 3.8) is 0 Å². The topological polar surface area (TPSA) is 36.4 Å². The van der Waals surface area contributed by atoms with Gasteiger partial charge in [-0.3, -0.25) is 14.7 Å². The van der Waals surface area contributed by atoms with E-state index in [1.807, 2.05) is 53.2 Å². The second kappa shape index (κ2) is 7.45. The maximum absolute atomic E-state index is 14.0. The molecule has 1 unspecified atom stereocenters. The fourth-order valence-corrected chi connectivity index (χ4v) is 3.82. The summed E-state index contributed by atoms with van der Waals surface area (Å²) in [5, 5.41) is 0.782. The minimum Gasteiger partial charge on any atom is -0.337 e. The van der Waals surface area contributed by atoms with Crippen LogP contribution in [-0.4, -0.2) is 40.3 Å². The Balaban J connectivity index is 1.49. The number of nitrogens with zero attached hydrogens (tertiary/aromatic N) is 3. The third-order valence-corrected chi connectivity index (χ3v) is 5.19. The highest BCUT2D eigenvalue weighted by Gasteiger charge is 2.34. The third kappa shape index (κ3) is 3.69. The number of carbonyl (C=O) groups excluding carboxylic acids is 1. The molecule has 2 aromatic carbocycles. The molecule has 1 aromatic heterocycles. The Bertz CT molecular complexity index is 960. The lowest BCUT2D eigenvalue weighted by Crippen LogP contribution is -2.39. The Morgan fingerprint density at radius 2 is 2.00 bits per heavy atom. The second-order valence-corrected chi connectivity index (χ2v) is 7.11. The van der Waals surface area contributed by atoms with Crippen LogP contribution >= 0.6 is 0 Å². The molecular weight excluding hydrogens is 341 g/mol. The lowest BCUT2D eigenvalue weighted by molar-refractivity contribution is -0.132. The predicted molar refractivity (Wildman–Crippen MR) is 103 cm³/mol. The van der Waals surface area contributed by atoms with Crippen molar-refractivity contribution in [2.75, 3.05) is 13.6 Å². The molecule has 4 rings (SSSR count). The molecule has 0 N–H and O–H groups in total. The van der Waals surface area contributed by atoms with E-state index in [4.69, 9.17) is 0 Å². The smallest absolute Gasteiger partial charge is 0.240 e. The first kappa shape index (κ1) is 17.6. The van der Waals surface area contributed by atoms with Gasteiger partial charge in [0.25, 0.3) is 0 Å². The summed E-state index contributed by atoms with van der Waals surface area (Å²) in [4.78, 5) is 21.2. The van der Waals surface area contributed by atoms with Crippen molar-refractivity contribution in [3.05, 3.63) is 77.7 Å². The van der Waals surface area contributed by atoms with Crippen LogP contribution in [0.3, 0.4) is 0 Å². The van der Waals surface area contributed by atoms with Crippen LogP contribution in [-0.2, 0) is 17.9 Å². The average Bonchev–Trinajstić information content (AvgIpc) is 3.03. The van der Waals surface area contributed by atoms with E-state index in [1.54, 1.807) is 12.3 Å². The highest BCUT2D eigenvalue weighted by Crippen LogP contribution is 2.24. The Morgan fingerprint density at radius 1 is 1.19 bits per heavy atom. The minimum absolute atomic E-state index is 0.134. The van der Waals surface area contributed by atoms with Crippen LogP contribution in [0.2, 0.25) is 0 Å². The van der Waals surface area contributed by atoms with Gasteiger partial charge in [-0.2, -0.15) is 0 Å². The summed E-state index contributed by atoms with van der Waals surface area (Å²) in [6, 6.07) is 16.5.